The van der Waals surface area contributed by atoms with Gasteiger partial charge in [-0.25, -0.2) is 0 Å². The molecular formula is C14H18BrNO3. The third-order valence-corrected chi connectivity index (χ3v) is 3.52. The maximum Gasteiger partial charge on any atom is 0.260 e. The number of hydrogen-bond donors (Lipinski definition) is 2. The van der Waals surface area contributed by atoms with Crippen molar-refractivity contribution in [1.82, 2.24) is 5.32 Å². The van der Waals surface area contributed by atoms with Gasteiger partial charge in [0.15, 0.2) is 6.10 Å². The van der Waals surface area contributed by atoms with Gasteiger partial charge < -0.3 is 15.2 Å². The minimum atomic E-state index is -0.637. The molecule has 2 atom stereocenters. The van der Waals surface area contributed by atoms with Gasteiger partial charge in [-0.1, -0.05) is 22.0 Å². The Morgan fingerprint density at radius 1 is 1.47 bits per heavy atom. The Bertz CT molecular complexity index is 472. The fraction of sp³-hybridized carbons (Fsp3) is 0.500. The molecule has 1 amide bonds. The number of amides is 1. The van der Waals surface area contributed by atoms with Gasteiger partial charge in [-0.05, 0) is 38.8 Å². The topological polar surface area (TPSA) is 58.6 Å². The summed E-state index contributed by atoms with van der Waals surface area (Å²) in [5.41, 5.74) is 0.675. The van der Waals surface area contributed by atoms with E-state index in [0.29, 0.717) is 17.4 Å². The summed E-state index contributed by atoms with van der Waals surface area (Å²) < 4.78 is 6.52. The zero-order valence-electron chi connectivity index (χ0n) is 11.0. The second-order valence-corrected chi connectivity index (χ2v) is 5.82. The molecule has 1 aromatic carbocycles. The van der Waals surface area contributed by atoms with E-state index in [1.54, 1.807) is 26.0 Å². The van der Waals surface area contributed by atoms with Crippen molar-refractivity contribution >= 4 is 21.8 Å². The maximum absolute atomic E-state index is 11.9. The smallest absolute Gasteiger partial charge is 0.260 e. The molecule has 0 saturated heterocycles. The molecule has 104 valence electrons. The molecule has 2 rings (SSSR count). The van der Waals surface area contributed by atoms with Gasteiger partial charge >= 0.3 is 0 Å². The molecule has 5 heteroatoms. The average molecular weight is 328 g/mol. The Kier molecular flexibility index (Phi) is 4.47. The van der Waals surface area contributed by atoms with E-state index in [2.05, 4.69) is 21.2 Å². The molecule has 0 aromatic heterocycles. The highest BCUT2D eigenvalue weighted by Crippen LogP contribution is 2.29. The van der Waals surface area contributed by atoms with Crippen molar-refractivity contribution in [2.24, 2.45) is 0 Å². The van der Waals surface area contributed by atoms with Crippen LogP contribution < -0.4 is 10.1 Å². The summed E-state index contributed by atoms with van der Waals surface area (Å²) in [6.45, 7) is 3.38. The van der Waals surface area contributed by atoms with E-state index < -0.39 is 12.2 Å². The first-order valence-corrected chi connectivity index (χ1v) is 7.21. The predicted octanol–water partition coefficient (Wildman–Crippen LogP) is 2.55. The number of ether oxygens (including phenoxy) is 1. The highest BCUT2D eigenvalue weighted by molar-refractivity contribution is 9.10. The molecule has 19 heavy (non-hydrogen) atoms. The molecule has 0 spiro atoms. The average Bonchev–Trinajstić information content (AvgIpc) is 3.12. The molecule has 1 fully saturated rings. The molecule has 1 saturated carbocycles. The first kappa shape index (κ1) is 14.3. The van der Waals surface area contributed by atoms with Crippen molar-refractivity contribution in [1.29, 1.82) is 0 Å². The molecule has 1 aliphatic carbocycles. The Hall–Kier alpha value is -1.07. The molecule has 1 aliphatic rings. The van der Waals surface area contributed by atoms with Crippen LogP contribution in [0.1, 0.15) is 38.4 Å². The molecular weight excluding hydrogens is 310 g/mol. The quantitative estimate of drug-likeness (QED) is 0.873. The molecule has 1 unspecified atom stereocenters. The Morgan fingerprint density at radius 2 is 2.16 bits per heavy atom. The number of hydrogen-bond acceptors (Lipinski definition) is 3. The lowest BCUT2D eigenvalue weighted by Gasteiger charge is -2.18. The van der Waals surface area contributed by atoms with Gasteiger partial charge in [0.05, 0.1) is 6.10 Å². The van der Waals surface area contributed by atoms with Gasteiger partial charge in [0.2, 0.25) is 0 Å². The van der Waals surface area contributed by atoms with Crippen LogP contribution in [0.2, 0.25) is 0 Å². The van der Waals surface area contributed by atoms with Crippen LogP contribution in [-0.2, 0) is 4.79 Å². The van der Waals surface area contributed by atoms with Gasteiger partial charge in [0.1, 0.15) is 5.75 Å². The minimum Gasteiger partial charge on any atom is -0.480 e. The van der Waals surface area contributed by atoms with Crippen LogP contribution in [0.15, 0.2) is 22.7 Å². The summed E-state index contributed by atoms with van der Waals surface area (Å²) in [5.74, 6) is 0.418. The zero-order valence-corrected chi connectivity index (χ0v) is 12.6. The van der Waals surface area contributed by atoms with Gasteiger partial charge in [0.25, 0.3) is 5.91 Å². The zero-order chi connectivity index (χ0) is 14.0. The van der Waals surface area contributed by atoms with Crippen LogP contribution in [-0.4, -0.2) is 23.2 Å². The second kappa shape index (κ2) is 5.92. The van der Waals surface area contributed by atoms with E-state index >= 15 is 0 Å². The van der Waals surface area contributed by atoms with E-state index in [1.807, 2.05) is 6.07 Å². The van der Waals surface area contributed by atoms with E-state index in [1.165, 1.54) is 0 Å². The van der Waals surface area contributed by atoms with Crippen LogP contribution in [0.25, 0.3) is 0 Å². The second-order valence-electron chi connectivity index (χ2n) is 4.90. The van der Waals surface area contributed by atoms with Gasteiger partial charge in [-0.3, -0.25) is 4.79 Å². The fourth-order valence-corrected chi connectivity index (χ4v) is 2.09. The van der Waals surface area contributed by atoms with Crippen LogP contribution in [0.5, 0.6) is 5.75 Å². The van der Waals surface area contributed by atoms with Gasteiger partial charge in [-0.15, -0.1) is 0 Å². The molecule has 0 radical (unpaired) electrons. The van der Waals surface area contributed by atoms with Crippen LogP contribution in [0.4, 0.5) is 0 Å². The number of nitrogens with one attached hydrogen (secondary N) is 1. The summed E-state index contributed by atoms with van der Waals surface area (Å²) in [4.78, 5) is 11.9. The van der Waals surface area contributed by atoms with Gasteiger partial charge in [0, 0.05) is 16.1 Å². The Morgan fingerprint density at radius 3 is 2.74 bits per heavy atom. The van der Waals surface area contributed by atoms with Crippen LogP contribution >= 0.6 is 15.9 Å². The number of benzene rings is 1. The number of aliphatic hydroxyl groups is 1. The van der Waals surface area contributed by atoms with Crippen molar-refractivity contribution in [3.8, 4) is 5.75 Å². The molecule has 4 nitrogen and oxygen atoms in total. The molecule has 2 N–H and O–H groups in total. The van der Waals surface area contributed by atoms with Crippen molar-refractivity contribution in [2.75, 3.05) is 0 Å². The monoisotopic (exact) mass is 327 g/mol. The SMILES string of the molecule is CC(Oc1cc(Br)ccc1[C@H](C)O)C(=O)NC1CC1. The summed E-state index contributed by atoms with van der Waals surface area (Å²) in [6, 6.07) is 5.71. The number of rotatable bonds is 5. The summed E-state index contributed by atoms with van der Waals surface area (Å²) in [6.07, 6.45) is 0.886. The lowest BCUT2D eigenvalue weighted by Crippen LogP contribution is -2.37. The summed E-state index contributed by atoms with van der Waals surface area (Å²) >= 11 is 3.36. The third kappa shape index (κ3) is 3.94. The van der Waals surface area contributed by atoms with Crippen LogP contribution in [0.3, 0.4) is 0 Å². The normalized spacial score (nSPS) is 17.7. The number of aliphatic hydroxyl groups excluding tert-OH is 1. The van der Waals surface area contributed by atoms with Crippen molar-refractivity contribution in [2.45, 2.75) is 44.9 Å². The minimum absolute atomic E-state index is 0.112. The Balaban J connectivity index is 2.07. The predicted molar refractivity (Wildman–Crippen MR) is 76.0 cm³/mol. The van der Waals surface area contributed by atoms with E-state index in [9.17, 15) is 9.90 Å². The first-order chi connectivity index (χ1) is 8.97. The standard InChI is InChI=1S/C14H18BrNO3/c1-8(17)12-6-3-10(15)7-13(12)19-9(2)14(18)16-11-4-5-11/h3,6-9,11,17H,4-5H2,1-2H3,(H,16,18)/t8-,9?/m0/s1. The highest BCUT2D eigenvalue weighted by atomic mass is 79.9. The third-order valence-electron chi connectivity index (χ3n) is 3.02. The summed E-state index contributed by atoms with van der Waals surface area (Å²) in [5, 5.41) is 12.6. The molecule has 1 aromatic rings. The van der Waals surface area contributed by atoms with E-state index in [0.717, 1.165) is 17.3 Å². The molecule has 0 aliphatic heterocycles. The maximum atomic E-state index is 11.9. The number of carbonyl (C=O) groups excluding carboxylic acids is 1. The van der Waals surface area contributed by atoms with E-state index in [4.69, 9.17) is 4.74 Å². The van der Waals surface area contributed by atoms with E-state index in [-0.39, 0.29) is 5.91 Å². The van der Waals surface area contributed by atoms with Crippen molar-refractivity contribution < 1.29 is 14.6 Å². The lowest BCUT2D eigenvalue weighted by atomic mass is 10.1. The molecule has 0 bridgehead atoms. The van der Waals surface area contributed by atoms with Gasteiger partial charge in [-0.2, -0.15) is 0 Å². The van der Waals surface area contributed by atoms with Crippen molar-refractivity contribution in [3.63, 3.8) is 0 Å². The highest BCUT2D eigenvalue weighted by Gasteiger charge is 2.26. The lowest BCUT2D eigenvalue weighted by molar-refractivity contribution is -0.127. The first-order valence-electron chi connectivity index (χ1n) is 6.42. The van der Waals surface area contributed by atoms with Crippen LogP contribution in [0, 0.1) is 0 Å². The summed E-state index contributed by atoms with van der Waals surface area (Å²) in [7, 11) is 0. The largest absolute Gasteiger partial charge is 0.480 e. The van der Waals surface area contributed by atoms with Crippen molar-refractivity contribution in [3.05, 3.63) is 28.2 Å². The Labute approximate surface area is 121 Å². The molecule has 0 heterocycles. The number of carbonyl (C=O) groups is 1. The number of halogens is 1. The fourth-order valence-electron chi connectivity index (χ4n) is 1.75.